The zero-order valence-corrected chi connectivity index (χ0v) is 14.5. The van der Waals surface area contributed by atoms with Gasteiger partial charge in [0.2, 0.25) is 0 Å². The highest BCUT2D eigenvalue weighted by Crippen LogP contribution is 2.28. The van der Waals surface area contributed by atoms with E-state index in [0.29, 0.717) is 28.7 Å². The molecule has 2 rings (SSSR count). The van der Waals surface area contributed by atoms with Crippen LogP contribution in [0.2, 0.25) is 0 Å². The number of nitrogens with zero attached hydrogens (tertiary/aromatic N) is 2. The molecule has 1 saturated heterocycles. The lowest BCUT2D eigenvalue weighted by atomic mass is 10.0. The van der Waals surface area contributed by atoms with Crippen LogP contribution in [-0.2, 0) is 4.74 Å². The number of rotatable bonds is 6. The minimum atomic E-state index is -0.355. The molecule has 1 aliphatic heterocycles. The number of anilines is 1. The minimum absolute atomic E-state index is 0.0962. The molecule has 122 valence electrons. The number of hydrogen-bond donors (Lipinski definition) is 1. The lowest BCUT2D eigenvalue weighted by Gasteiger charge is -2.37. The fourth-order valence-electron chi connectivity index (χ4n) is 2.72. The third-order valence-electron chi connectivity index (χ3n) is 3.94. The van der Waals surface area contributed by atoms with Crippen molar-refractivity contribution in [2.75, 3.05) is 38.2 Å². The quantitative estimate of drug-likeness (QED) is 0.614. The van der Waals surface area contributed by atoms with E-state index in [1.54, 1.807) is 6.07 Å². The molecule has 0 aliphatic carbocycles. The Kier molecular flexibility index (Phi) is 6.16. The second kappa shape index (κ2) is 7.89. The molecule has 0 spiro atoms. The van der Waals surface area contributed by atoms with Gasteiger partial charge in [-0.3, -0.25) is 15.0 Å². The maximum absolute atomic E-state index is 11.2. The molecule has 0 bridgehead atoms. The number of nitro benzene ring substituents is 1. The first-order valence-corrected chi connectivity index (χ1v) is 8.28. The average Bonchev–Trinajstić information content (AvgIpc) is 2.49. The molecule has 0 aromatic heterocycles. The Morgan fingerprint density at radius 1 is 1.41 bits per heavy atom. The standard InChI is InChI=1S/C15H22BrN3O3/c1-11(2)15(18-5-7-22-8-6-18)10-17-13-4-3-12(16)9-14(13)19(20)21/h3-4,9,11,15,17H,5-8,10H2,1-2H3. The minimum Gasteiger partial charge on any atom is -0.379 e. The summed E-state index contributed by atoms with van der Waals surface area (Å²) >= 11 is 3.28. The number of nitro groups is 1. The van der Waals surface area contributed by atoms with Crippen LogP contribution in [0.15, 0.2) is 22.7 Å². The zero-order chi connectivity index (χ0) is 16.1. The van der Waals surface area contributed by atoms with E-state index in [1.807, 2.05) is 6.07 Å². The van der Waals surface area contributed by atoms with Crippen LogP contribution >= 0.6 is 15.9 Å². The van der Waals surface area contributed by atoms with E-state index in [1.165, 1.54) is 6.07 Å². The first kappa shape index (κ1) is 17.2. The predicted molar refractivity (Wildman–Crippen MR) is 90.3 cm³/mol. The zero-order valence-electron chi connectivity index (χ0n) is 12.9. The van der Waals surface area contributed by atoms with Gasteiger partial charge in [-0.1, -0.05) is 29.8 Å². The third-order valence-corrected chi connectivity index (χ3v) is 4.44. The van der Waals surface area contributed by atoms with E-state index in [-0.39, 0.29) is 10.6 Å². The number of hydrogen-bond acceptors (Lipinski definition) is 5. The lowest BCUT2D eigenvalue weighted by Crippen LogP contribution is -2.49. The van der Waals surface area contributed by atoms with Crippen LogP contribution in [0.1, 0.15) is 13.8 Å². The first-order chi connectivity index (χ1) is 10.5. The van der Waals surface area contributed by atoms with Crippen molar-refractivity contribution < 1.29 is 9.66 Å². The highest BCUT2D eigenvalue weighted by Gasteiger charge is 2.24. The van der Waals surface area contributed by atoms with Crippen LogP contribution < -0.4 is 5.32 Å². The van der Waals surface area contributed by atoms with Crippen molar-refractivity contribution in [1.82, 2.24) is 4.90 Å². The molecule has 1 N–H and O–H groups in total. The van der Waals surface area contributed by atoms with Crippen molar-refractivity contribution in [3.05, 3.63) is 32.8 Å². The van der Waals surface area contributed by atoms with Gasteiger partial charge in [-0.15, -0.1) is 0 Å². The van der Waals surface area contributed by atoms with Crippen molar-refractivity contribution in [2.24, 2.45) is 5.92 Å². The molecule has 1 unspecified atom stereocenters. The first-order valence-electron chi connectivity index (χ1n) is 7.48. The summed E-state index contributed by atoms with van der Waals surface area (Å²) in [7, 11) is 0. The van der Waals surface area contributed by atoms with Crippen LogP contribution in [0.25, 0.3) is 0 Å². The van der Waals surface area contributed by atoms with Crippen LogP contribution in [0.3, 0.4) is 0 Å². The molecule has 1 aliphatic rings. The maximum atomic E-state index is 11.2. The summed E-state index contributed by atoms with van der Waals surface area (Å²) in [6.45, 7) is 8.36. The molecule has 1 heterocycles. The Labute approximate surface area is 139 Å². The normalized spacial score (nSPS) is 17.5. The van der Waals surface area contributed by atoms with Crippen LogP contribution in [0.4, 0.5) is 11.4 Å². The summed E-state index contributed by atoms with van der Waals surface area (Å²) in [5.41, 5.74) is 0.658. The van der Waals surface area contributed by atoms with Gasteiger partial charge in [0.15, 0.2) is 0 Å². The number of nitrogens with one attached hydrogen (secondary N) is 1. The number of benzene rings is 1. The molecule has 1 aromatic rings. The van der Waals surface area contributed by atoms with Gasteiger partial charge in [-0.2, -0.15) is 0 Å². The van der Waals surface area contributed by atoms with Gasteiger partial charge in [0.1, 0.15) is 5.69 Å². The molecule has 1 fully saturated rings. The van der Waals surface area contributed by atoms with Gasteiger partial charge in [0.25, 0.3) is 5.69 Å². The summed E-state index contributed by atoms with van der Waals surface area (Å²) in [6, 6.07) is 5.42. The summed E-state index contributed by atoms with van der Waals surface area (Å²) in [5.74, 6) is 0.458. The van der Waals surface area contributed by atoms with Crippen molar-refractivity contribution in [3.8, 4) is 0 Å². The van der Waals surface area contributed by atoms with E-state index in [4.69, 9.17) is 4.74 Å². The Hall–Kier alpha value is -1.18. The third kappa shape index (κ3) is 4.41. The molecular weight excluding hydrogens is 350 g/mol. The summed E-state index contributed by atoms with van der Waals surface area (Å²) in [5, 5.41) is 14.4. The topological polar surface area (TPSA) is 67.6 Å². The molecule has 0 radical (unpaired) electrons. The number of morpholine rings is 1. The van der Waals surface area contributed by atoms with Crippen molar-refractivity contribution in [2.45, 2.75) is 19.9 Å². The Bertz CT molecular complexity index is 519. The monoisotopic (exact) mass is 371 g/mol. The number of halogens is 1. The Morgan fingerprint density at radius 3 is 2.68 bits per heavy atom. The molecule has 1 aromatic carbocycles. The molecule has 22 heavy (non-hydrogen) atoms. The SMILES string of the molecule is CC(C)C(CNc1ccc(Br)cc1[N+](=O)[O-])N1CCOCC1. The van der Waals surface area contributed by atoms with Crippen LogP contribution in [-0.4, -0.2) is 48.7 Å². The van der Waals surface area contributed by atoms with E-state index in [9.17, 15) is 10.1 Å². The Balaban J connectivity index is 2.07. The van der Waals surface area contributed by atoms with Gasteiger partial charge in [0, 0.05) is 36.2 Å². The largest absolute Gasteiger partial charge is 0.379 e. The maximum Gasteiger partial charge on any atom is 0.293 e. The van der Waals surface area contributed by atoms with Gasteiger partial charge >= 0.3 is 0 Å². The van der Waals surface area contributed by atoms with Gasteiger partial charge in [0.05, 0.1) is 18.1 Å². The number of ether oxygens (including phenoxy) is 1. The predicted octanol–water partition coefficient (Wildman–Crippen LogP) is 3.13. The second-order valence-corrected chi connectivity index (χ2v) is 6.67. The fraction of sp³-hybridized carbons (Fsp3) is 0.600. The van der Waals surface area contributed by atoms with E-state index >= 15 is 0 Å². The van der Waals surface area contributed by atoms with Gasteiger partial charge < -0.3 is 10.1 Å². The molecule has 0 saturated carbocycles. The highest BCUT2D eigenvalue weighted by atomic mass is 79.9. The second-order valence-electron chi connectivity index (χ2n) is 5.76. The van der Waals surface area contributed by atoms with Crippen LogP contribution in [0, 0.1) is 16.0 Å². The van der Waals surface area contributed by atoms with Gasteiger partial charge in [-0.25, -0.2) is 0 Å². The Morgan fingerprint density at radius 2 is 2.09 bits per heavy atom. The molecule has 6 nitrogen and oxygen atoms in total. The van der Waals surface area contributed by atoms with E-state index < -0.39 is 0 Å². The average molecular weight is 372 g/mol. The molecule has 7 heteroatoms. The summed E-state index contributed by atoms with van der Waals surface area (Å²) in [4.78, 5) is 13.2. The molecule has 1 atom stereocenters. The lowest BCUT2D eigenvalue weighted by molar-refractivity contribution is -0.384. The smallest absolute Gasteiger partial charge is 0.293 e. The van der Waals surface area contributed by atoms with E-state index in [0.717, 1.165) is 26.3 Å². The van der Waals surface area contributed by atoms with E-state index in [2.05, 4.69) is 40.0 Å². The van der Waals surface area contributed by atoms with Crippen molar-refractivity contribution in [3.63, 3.8) is 0 Å². The van der Waals surface area contributed by atoms with Crippen molar-refractivity contribution in [1.29, 1.82) is 0 Å². The van der Waals surface area contributed by atoms with Gasteiger partial charge in [-0.05, 0) is 18.1 Å². The highest BCUT2D eigenvalue weighted by molar-refractivity contribution is 9.10. The fourth-order valence-corrected chi connectivity index (χ4v) is 3.06. The summed E-state index contributed by atoms with van der Waals surface area (Å²) < 4.78 is 6.11. The van der Waals surface area contributed by atoms with Crippen LogP contribution in [0.5, 0.6) is 0 Å². The van der Waals surface area contributed by atoms with Crippen molar-refractivity contribution >= 4 is 27.3 Å². The molecular formula is C15H22BrN3O3. The summed E-state index contributed by atoms with van der Waals surface area (Å²) in [6.07, 6.45) is 0. The molecule has 0 amide bonds.